The van der Waals surface area contributed by atoms with E-state index in [1.165, 1.54) is 18.2 Å². The molecule has 2 aromatic rings. The summed E-state index contributed by atoms with van der Waals surface area (Å²) in [6, 6.07) is 8.53. The van der Waals surface area contributed by atoms with Gasteiger partial charge < -0.3 is 14.6 Å². The van der Waals surface area contributed by atoms with Gasteiger partial charge in [0.05, 0.1) is 13.0 Å². The normalized spacial score (nSPS) is 16.8. The molecule has 0 bridgehead atoms. The summed E-state index contributed by atoms with van der Waals surface area (Å²) in [5, 5.41) is 1.23. The lowest BCUT2D eigenvalue weighted by Crippen LogP contribution is -2.36. The molecule has 4 nitrogen and oxygen atoms in total. The van der Waals surface area contributed by atoms with Crippen LogP contribution in [0.25, 0.3) is 10.9 Å². The number of hydrogen-bond acceptors (Lipinski definition) is 3. The molecule has 1 fully saturated rings. The molecule has 0 unspecified atom stereocenters. The van der Waals surface area contributed by atoms with Crippen LogP contribution in [0.5, 0.6) is 0 Å². The van der Waals surface area contributed by atoms with Crippen molar-refractivity contribution in [2.45, 2.75) is 12.8 Å². The van der Waals surface area contributed by atoms with Crippen LogP contribution in [0.15, 0.2) is 30.5 Å². The fourth-order valence-electron chi connectivity index (χ4n) is 2.78. The summed E-state index contributed by atoms with van der Waals surface area (Å²) in [6.07, 6.45) is 3.70. The minimum Gasteiger partial charge on any atom is -0.469 e. The largest absolute Gasteiger partial charge is 0.469 e. The summed E-state index contributed by atoms with van der Waals surface area (Å²) in [7, 11) is 1.47. The molecule has 0 atom stereocenters. The van der Waals surface area contributed by atoms with E-state index in [1.807, 2.05) is 6.20 Å². The van der Waals surface area contributed by atoms with Crippen molar-refractivity contribution < 1.29 is 9.53 Å². The minimum absolute atomic E-state index is 0.0669. The molecule has 0 amide bonds. The number of carbonyl (C=O) groups is 1. The molecule has 0 aliphatic carbocycles. The predicted octanol–water partition coefficient (Wildman–Crippen LogP) is 2.56. The highest BCUT2D eigenvalue weighted by molar-refractivity contribution is 5.83. The minimum atomic E-state index is -0.0688. The van der Waals surface area contributed by atoms with Crippen molar-refractivity contribution in [1.82, 2.24) is 4.98 Å². The van der Waals surface area contributed by atoms with Crippen molar-refractivity contribution >= 4 is 22.6 Å². The van der Waals surface area contributed by atoms with E-state index in [-0.39, 0.29) is 11.9 Å². The van der Waals surface area contributed by atoms with Crippen LogP contribution >= 0.6 is 0 Å². The van der Waals surface area contributed by atoms with E-state index in [1.54, 1.807) is 0 Å². The van der Waals surface area contributed by atoms with Gasteiger partial charge in [0.15, 0.2) is 0 Å². The van der Waals surface area contributed by atoms with Crippen LogP contribution in [0.2, 0.25) is 0 Å². The number of hydrogen-bond donors (Lipinski definition) is 1. The second-order valence-corrected chi connectivity index (χ2v) is 5.03. The SMILES string of the molecule is COC(=O)C1CCN(c2ccc3[nH]ccc3c2)CC1. The summed E-state index contributed by atoms with van der Waals surface area (Å²) in [5.74, 6) is -0.00187. The van der Waals surface area contributed by atoms with Gasteiger partial charge in [0.1, 0.15) is 0 Å². The van der Waals surface area contributed by atoms with Crippen molar-refractivity contribution in [3.8, 4) is 0 Å². The number of H-pyrrole nitrogens is 1. The maximum absolute atomic E-state index is 11.5. The Morgan fingerprint density at radius 1 is 1.32 bits per heavy atom. The lowest BCUT2D eigenvalue weighted by molar-refractivity contribution is -0.146. The van der Waals surface area contributed by atoms with E-state index in [4.69, 9.17) is 4.74 Å². The number of carbonyl (C=O) groups excluding carboxylic acids is 1. The van der Waals surface area contributed by atoms with Crippen molar-refractivity contribution in [2.75, 3.05) is 25.1 Å². The van der Waals surface area contributed by atoms with Gasteiger partial charge in [-0.05, 0) is 37.1 Å². The lowest BCUT2D eigenvalue weighted by atomic mass is 9.96. The fraction of sp³-hybridized carbons (Fsp3) is 0.400. The first-order valence-electron chi connectivity index (χ1n) is 6.68. The van der Waals surface area contributed by atoms with E-state index in [0.717, 1.165) is 31.4 Å². The number of aromatic nitrogens is 1. The van der Waals surface area contributed by atoms with Crippen molar-refractivity contribution in [1.29, 1.82) is 0 Å². The second-order valence-electron chi connectivity index (χ2n) is 5.03. The Bertz CT molecular complexity index is 583. The molecule has 3 rings (SSSR count). The summed E-state index contributed by atoms with van der Waals surface area (Å²) in [6.45, 7) is 1.82. The number of nitrogens with one attached hydrogen (secondary N) is 1. The zero-order valence-electron chi connectivity index (χ0n) is 11.1. The number of ether oxygens (including phenoxy) is 1. The molecule has 1 aromatic carbocycles. The van der Waals surface area contributed by atoms with Gasteiger partial charge in [-0.15, -0.1) is 0 Å². The van der Waals surface area contributed by atoms with Crippen LogP contribution in [0.3, 0.4) is 0 Å². The Labute approximate surface area is 112 Å². The number of nitrogens with zero attached hydrogens (tertiary/aromatic N) is 1. The smallest absolute Gasteiger partial charge is 0.308 e. The van der Waals surface area contributed by atoms with Crippen LogP contribution in [0.4, 0.5) is 5.69 Å². The molecule has 0 saturated carbocycles. The van der Waals surface area contributed by atoms with Crippen LogP contribution in [0.1, 0.15) is 12.8 Å². The zero-order chi connectivity index (χ0) is 13.2. The van der Waals surface area contributed by atoms with E-state index in [0.29, 0.717) is 0 Å². The van der Waals surface area contributed by atoms with Gasteiger partial charge in [-0.3, -0.25) is 4.79 Å². The Balaban J connectivity index is 1.72. The Hall–Kier alpha value is -1.97. The van der Waals surface area contributed by atoms with Crippen molar-refractivity contribution in [3.63, 3.8) is 0 Å². The van der Waals surface area contributed by atoms with E-state index >= 15 is 0 Å². The predicted molar refractivity (Wildman–Crippen MR) is 75.3 cm³/mol. The average molecular weight is 258 g/mol. The highest BCUT2D eigenvalue weighted by Gasteiger charge is 2.25. The van der Waals surface area contributed by atoms with Crippen LogP contribution in [0, 0.1) is 5.92 Å². The van der Waals surface area contributed by atoms with Gasteiger partial charge in [0.25, 0.3) is 0 Å². The van der Waals surface area contributed by atoms with Gasteiger partial charge in [-0.25, -0.2) is 0 Å². The molecule has 1 aliphatic heterocycles. The third kappa shape index (κ3) is 2.30. The van der Waals surface area contributed by atoms with Crippen LogP contribution < -0.4 is 4.90 Å². The highest BCUT2D eigenvalue weighted by Crippen LogP contribution is 2.26. The second kappa shape index (κ2) is 4.96. The molecule has 1 N–H and O–H groups in total. The van der Waals surface area contributed by atoms with E-state index in [2.05, 4.69) is 34.1 Å². The van der Waals surface area contributed by atoms with Crippen molar-refractivity contribution in [3.05, 3.63) is 30.5 Å². The molecule has 1 aliphatic rings. The first-order valence-corrected chi connectivity index (χ1v) is 6.68. The third-order valence-electron chi connectivity index (χ3n) is 3.93. The zero-order valence-corrected chi connectivity index (χ0v) is 11.1. The molecule has 19 heavy (non-hydrogen) atoms. The summed E-state index contributed by atoms with van der Waals surface area (Å²) < 4.78 is 4.82. The Morgan fingerprint density at radius 3 is 2.84 bits per heavy atom. The monoisotopic (exact) mass is 258 g/mol. The molecule has 0 radical (unpaired) electrons. The molecule has 0 spiro atoms. The molecule has 2 heterocycles. The van der Waals surface area contributed by atoms with Crippen molar-refractivity contribution in [2.24, 2.45) is 5.92 Å². The molecule has 1 aromatic heterocycles. The summed E-state index contributed by atoms with van der Waals surface area (Å²) in [5.41, 5.74) is 2.39. The number of aromatic amines is 1. The number of piperidine rings is 1. The number of esters is 1. The maximum atomic E-state index is 11.5. The summed E-state index contributed by atoms with van der Waals surface area (Å²) in [4.78, 5) is 17.0. The van der Waals surface area contributed by atoms with Gasteiger partial charge in [0.2, 0.25) is 0 Å². The Morgan fingerprint density at radius 2 is 2.11 bits per heavy atom. The first-order chi connectivity index (χ1) is 9.28. The number of benzene rings is 1. The van der Waals surface area contributed by atoms with Gasteiger partial charge in [0, 0.05) is 35.9 Å². The van der Waals surface area contributed by atoms with E-state index in [9.17, 15) is 4.79 Å². The topological polar surface area (TPSA) is 45.3 Å². The van der Waals surface area contributed by atoms with Gasteiger partial charge in [-0.2, -0.15) is 0 Å². The van der Waals surface area contributed by atoms with Gasteiger partial charge in [-0.1, -0.05) is 0 Å². The maximum Gasteiger partial charge on any atom is 0.308 e. The Kier molecular flexibility index (Phi) is 3.15. The molecular weight excluding hydrogens is 240 g/mol. The number of anilines is 1. The third-order valence-corrected chi connectivity index (χ3v) is 3.93. The van der Waals surface area contributed by atoms with Gasteiger partial charge >= 0.3 is 5.97 Å². The molecule has 4 heteroatoms. The fourth-order valence-corrected chi connectivity index (χ4v) is 2.78. The van der Waals surface area contributed by atoms with Crippen LogP contribution in [-0.2, 0) is 9.53 Å². The quantitative estimate of drug-likeness (QED) is 0.842. The average Bonchev–Trinajstić information content (AvgIpc) is 2.94. The number of methoxy groups -OCH3 is 1. The number of rotatable bonds is 2. The summed E-state index contributed by atoms with van der Waals surface area (Å²) >= 11 is 0. The van der Waals surface area contributed by atoms with Crippen LogP contribution in [-0.4, -0.2) is 31.2 Å². The highest BCUT2D eigenvalue weighted by atomic mass is 16.5. The first kappa shape index (κ1) is 12.1. The standard InChI is InChI=1S/C15H18N2O2/c1-19-15(18)11-5-8-17(9-6-11)13-2-3-14-12(10-13)4-7-16-14/h2-4,7,10-11,16H,5-6,8-9H2,1H3. The lowest BCUT2D eigenvalue weighted by Gasteiger charge is -2.32. The number of fused-ring (bicyclic) bond motifs is 1. The molecule has 100 valence electrons. The van der Waals surface area contributed by atoms with E-state index < -0.39 is 0 Å². The molecule has 1 saturated heterocycles. The molecular formula is C15H18N2O2.